The molecule has 1 heteroatoms. The minimum Gasteiger partial charge on any atom is -0.393 e. The third-order valence-electron chi connectivity index (χ3n) is 5.58. The fraction of sp³-hybridized carbons (Fsp3) is 1.00. The second-order valence-corrected chi connectivity index (χ2v) is 6.98. The van der Waals surface area contributed by atoms with Crippen molar-refractivity contribution in [1.82, 2.24) is 0 Å². The van der Waals surface area contributed by atoms with Crippen LogP contribution >= 0.6 is 0 Å². The van der Waals surface area contributed by atoms with Crippen molar-refractivity contribution >= 4 is 0 Å². The fourth-order valence-corrected chi connectivity index (χ4v) is 4.37. The summed E-state index contributed by atoms with van der Waals surface area (Å²) in [5.41, 5.74) is 0.557. The third kappa shape index (κ3) is 2.03. The van der Waals surface area contributed by atoms with Crippen LogP contribution in [0.5, 0.6) is 0 Å². The van der Waals surface area contributed by atoms with Gasteiger partial charge in [0.15, 0.2) is 0 Å². The van der Waals surface area contributed by atoms with Crippen LogP contribution in [0.15, 0.2) is 0 Å². The number of aliphatic hydroxyl groups excluding tert-OH is 1. The Labute approximate surface area is 101 Å². The summed E-state index contributed by atoms with van der Waals surface area (Å²) in [6.07, 6.45) is 6.29. The van der Waals surface area contributed by atoms with Gasteiger partial charge in [-0.3, -0.25) is 0 Å². The van der Waals surface area contributed by atoms with Crippen LogP contribution in [0.25, 0.3) is 0 Å². The van der Waals surface area contributed by atoms with Gasteiger partial charge in [-0.2, -0.15) is 0 Å². The standard InChI is InChI=1S/C15H28O/c1-5-14(16)12-9-11-6-7-15(3,4)13(11)8-10(12)2/h10-14,16H,5-9H2,1-4H3. The molecule has 1 N–H and O–H groups in total. The molecule has 0 bridgehead atoms. The first-order chi connectivity index (χ1) is 7.45. The summed E-state index contributed by atoms with van der Waals surface area (Å²) >= 11 is 0. The van der Waals surface area contributed by atoms with Gasteiger partial charge in [-0.1, -0.05) is 27.7 Å². The highest BCUT2D eigenvalue weighted by atomic mass is 16.3. The summed E-state index contributed by atoms with van der Waals surface area (Å²) in [6, 6.07) is 0. The van der Waals surface area contributed by atoms with Crippen molar-refractivity contribution in [3.8, 4) is 0 Å². The molecule has 2 saturated carbocycles. The van der Waals surface area contributed by atoms with Crippen LogP contribution < -0.4 is 0 Å². The molecule has 0 aromatic carbocycles. The minimum absolute atomic E-state index is 0.0559. The lowest BCUT2D eigenvalue weighted by Gasteiger charge is -2.43. The normalized spacial score (nSPS) is 44.1. The van der Waals surface area contributed by atoms with E-state index in [1.807, 2.05) is 0 Å². The van der Waals surface area contributed by atoms with E-state index in [4.69, 9.17) is 0 Å². The zero-order chi connectivity index (χ0) is 11.9. The average Bonchev–Trinajstić information content (AvgIpc) is 2.53. The van der Waals surface area contributed by atoms with Gasteiger partial charge in [-0.25, -0.2) is 0 Å². The lowest BCUT2D eigenvalue weighted by atomic mass is 9.63. The second-order valence-electron chi connectivity index (χ2n) is 6.98. The highest BCUT2D eigenvalue weighted by Crippen LogP contribution is 2.55. The first-order valence-corrected chi connectivity index (χ1v) is 7.13. The van der Waals surface area contributed by atoms with Gasteiger partial charge in [-0.15, -0.1) is 0 Å². The Bertz CT molecular complexity index is 246. The minimum atomic E-state index is -0.0559. The molecule has 0 amide bonds. The summed E-state index contributed by atoms with van der Waals surface area (Å²) in [6.45, 7) is 9.36. The molecule has 5 atom stereocenters. The Hall–Kier alpha value is -0.0400. The molecule has 16 heavy (non-hydrogen) atoms. The SMILES string of the molecule is CCC(O)C1CC2CCC(C)(C)C2CC1C. The predicted molar refractivity (Wildman–Crippen MR) is 68.2 cm³/mol. The molecule has 5 unspecified atom stereocenters. The summed E-state index contributed by atoms with van der Waals surface area (Å²) in [7, 11) is 0. The molecule has 0 aromatic heterocycles. The van der Waals surface area contributed by atoms with Crippen LogP contribution in [0, 0.1) is 29.1 Å². The van der Waals surface area contributed by atoms with Crippen molar-refractivity contribution < 1.29 is 5.11 Å². The quantitative estimate of drug-likeness (QED) is 0.755. The van der Waals surface area contributed by atoms with E-state index >= 15 is 0 Å². The van der Waals surface area contributed by atoms with E-state index in [0.717, 1.165) is 18.3 Å². The molecule has 0 heterocycles. The number of aliphatic hydroxyl groups is 1. The molecule has 0 radical (unpaired) electrons. The molecular weight excluding hydrogens is 196 g/mol. The van der Waals surface area contributed by atoms with Crippen LogP contribution in [0.2, 0.25) is 0 Å². The van der Waals surface area contributed by atoms with Crippen LogP contribution in [0.4, 0.5) is 0 Å². The second kappa shape index (κ2) is 4.33. The van der Waals surface area contributed by atoms with Crippen LogP contribution in [-0.4, -0.2) is 11.2 Å². The molecule has 0 saturated heterocycles. The molecule has 1 nitrogen and oxygen atoms in total. The van der Waals surface area contributed by atoms with Crippen LogP contribution in [-0.2, 0) is 0 Å². The molecule has 94 valence electrons. The number of hydrogen-bond donors (Lipinski definition) is 1. The van der Waals surface area contributed by atoms with Crippen molar-refractivity contribution in [3.63, 3.8) is 0 Å². The maximum atomic E-state index is 10.1. The predicted octanol–water partition coefficient (Wildman–Crippen LogP) is 3.86. The Morgan fingerprint density at radius 1 is 1.31 bits per heavy atom. The summed E-state index contributed by atoms with van der Waals surface area (Å²) in [4.78, 5) is 0. The van der Waals surface area contributed by atoms with Crippen LogP contribution in [0.1, 0.15) is 59.8 Å². The van der Waals surface area contributed by atoms with Crippen molar-refractivity contribution in [3.05, 3.63) is 0 Å². The Balaban J connectivity index is 2.07. The van der Waals surface area contributed by atoms with Gasteiger partial charge in [0.1, 0.15) is 0 Å². The van der Waals surface area contributed by atoms with E-state index in [0.29, 0.717) is 17.3 Å². The van der Waals surface area contributed by atoms with Gasteiger partial charge in [0.05, 0.1) is 6.10 Å². The molecule has 0 aromatic rings. The van der Waals surface area contributed by atoms with Crippen molar-refractivity contribution in [1.29, 1.82) is 0 Å². The first kappa shape index (κ1) is 12.4. The van der Waals surface area contributed by atoms with Gasteiger partial charge in [0.25, 0.3) is 0 Å². The molecule has 0 aliphatic heterocycles. The smallest absolute Gasteiger partial charge is 0.0568 e. The zero-order valence-electron chi connectivity index (χ0n) is 11.4. The van der Waals surface area contributed by atoms with Gasteiger partial charge < -0.3 is 5.11 Å². The maximum absolute atomic E-state index is 10.1. The van der Waals surface area contributed by atoms with E-state index in [1.54, 1.807) is 0 Å². The number of rotatable bonds is 2. The molecule has 0 spiro atoms. The Morgan fingerprint density at radius 2 is 2.00 bits per heavy atom. The summed E-state index contributed by atoms with van der Waals surface area (Å²) in [5, 5.41) is 10.1. The molecule has 2 aliphatic carbocycles. The highest BCUT2D eigenvalue weighted by molar-refractivity contribution is 4.97. The van der Waals surface area contributed by atoms with E-state index in [2.05, 4.69) is 27.7 Å². The van der Waals surface area contributed by atoms with E-state index in [9.17, 15) is 5.11 Å². The van der Waals surface area contributed by atoms with Gasteiger partial charge >= 0.3 is 0 Å². The largest absolute Gasteiger partial charge is 0.393 e. The Kier molecular flexibility index (Phi) is 3.36. The van der Waals surface area contributed by atoms with Gasteiger partial charge in [0.2, 0.25) is 0 Å². The molecule has 2 rings (SSSR count). The Morgan fingerprint density at radius 3 is 2.62 bits per heavy atom. The molecular formula is C15H28O. The first-order valence-electron chi connectivity index (χ1n) is 7.13. The van der Waals surface area contributed by atoms with E-state index in [1.165, 1.54) is 25.7 Å². The highest BCUT2D eigenvalue weighted by Gasteiger charge is 2.47. The van der Waals surface area contributed by atoms with Crippen molar-refractivity contribution in [2.24, 2.45) is 29.1 Å². The van der Waals surface area contributed by atoms with Crippen molar-refractivity contribution in [2.45, 2.75) is 65.9 Å². The number of fused-ring (bicyclic) bond motifs is 1. The van der Waals surface area contributed by atoms with Crippen molar-refractivity contribution in [2.75, 3.05) is 0 Å². The summed E-state index contributed by atoms with van der Waals surface area (Å²) in [5.74, 6) is 3.11. The summed E-state index contributed by atoms with van der Waals surface area (Å²) < 4.78 is 0. The lowest BCUT2D eigenvalue weighted by Crippen LogP contribution is -2.38. The average molecular weight is 224 g/mol. The van der Waals surface area contributed by atoms with Gasteiger partial charge in [-0.05, 0) is 61.2 Å². The third-order valence-corrected chi connectivity index (χ3v) is 5.58. The molecule has 2 aliphatic rings. The van der Waals surface area contributed by atoms with E-state index in [-0.39, 0.29) is 6.10 Å². The lowest BCUT2D eigenvalue weighted by molar-refractivity contribution is 0.00242. The maximum Gasteiger partial charge on any atom is 0.0568 e. The topological polar surface area (TPSA) is 20.2 Å². The fourth-order valence-electron chi connectivity index (χ4n) is 4.37. The molecule has 2 fully saturated rings. The van der Waals surface area contributed by atoms with E-state index < -0.39 is 0 Å². The van der Waals surface area contributed by atoms with Crippen LogP contribution in [0.3, 0.4) is 0 Å². The monoisotopic (exact) mass is 224 g/mol. The zero-order valence-corrected chi connectivity index (χ0v) is 11.4. The number of hydrogen-bond acceptors (Lipinski definition) is 1. The van der Waals surface area contributed by atoms with Gasteiger partial charge in [0, 0.05) is 0 Å².